The Bertz CT molecular complexity index is 699. The van der Waals surface area contributed by atoms with Crippen LogP contribution in [0.15, 0.2) is 98.1 Å². The van der Waals surface area contributed by atoms with E-state index < -0.39 is 0 Å². The number of halogens is 1. The van der Waals surface area contributed by atoms with Gasteiger partial charge in [0, 0.05) is 66.6 Å². The van der Waals surface area contributed by atoms with Gasteiger partial charge in [0.15, 0.2) is 0 Å². The minimum atomic E-state index is 0. The molecular weight excluding hydrogens is 480 g/mol. The maximum Gasteiger partial charge on any atom is 0.0297 e. The minimum absolute atomic E-state index is 0. The number of pyridine rings is 4. The van der Waals surface area contributed by atoms with E-state index in [1.165, 1.54) is 22.3 Å². The van der Waals surface area contributed by atoms with Crippen molar-refractivity contribution in [3.05, 3.63) is 120 Å². The Morgan fingerprint density at radius 3 is 0.700 bits per heavy atom. The first-order valence-electron chi connectivity index (χ1n) is 9.04. The number of aromatic nitrogens is 4. The van der Waals surface area contributed by atoms with Crippen molar-refractivity contribution in [3.8, 4) is 0 Å². The van der Waals surface area contributed by atoms with Crippen LogP contribution in [0.4, 0.5) is 0 Å². The van der Waals surface area contributed by atoms with Gasteiger partial charge in [-0.05, 0) is 74.2 Å². The molecule has 0 saturated heterocycles. The zero-order chi connectivity index (χ0) is 20.5. The Hall–Kier alpha value is -2.40. The molecule has 160 valence electrons. The second-order valence-electron chi connectivity index (χ2n) is 6.12. The van der Waals surface area contributed by atoms with Gasteiger partial charge in [0.25, 0.3) is 0 Å². The summed E-state index contributed by atoms with van der Waals surface area (Å²) < 4.78 is 0. The van der Waals surface area contributed by atoms with E-state index in [2.05, 4.69) is 19.9 Å². The minimum Gasteiger partial charge on any atom is -0.264 e. The van der Waals surface area contributed by atoms with Gasteiger partial charge in [-0.2, -0.15) is 0 Å². The summed E-state index contributed by atoms with van der Waals surface area (Å²) in [5.74, 6) is 0. The summed E-state index contributed by atoms with van der Waals surface area (Å²) in [6.07, 6.45) is 14.4. The van der Waals surface area contributed by atoms with Crippen molar-refractivity contribution in [2.45, 2.75) is 27.7 Å². The fourth-order valence-electron chi connectivity index (χ4n) is 1.79. The van der Waals surface area contributed by atoms with Crippen LogP contribution >= 0.6 is 17.0 Å². The van der Waals surface area contributed by atoms with Gasteiger partial charge in [-0.15, -0.1) is 17.0 Å². The molecular formula is C24H29BrFeN4. The maximum atomic E-state index is 3.88. The number of hydrogen-bond acceptors (Lipinski definition) is 4. The van der Waals surface area contributed by atoms with Crippen molar-refractivity contribution in [1.82, 2.24) is 19.9 Å². The molecule has 4 rings (SSSR count). The molecule has 0 fully saturated rings. The fraction of sp³-hybridized carbons (Fsp3) is 0.167. The Balaban J connectivity index is 0. The summed E-state index contributed by atoms with van der Waals surface area (Å²) in [5.41, 5.74) is 4.84. The maximum absolute atomic E-state index is 3.88. The van der Waals surface area contributed by atoms with Crippen molar-refractivity contribution < 1.29 is 17.1 Å². The molecule has 0 saturated carbocycles. The van der Waals surface area contributed by atoms with E-state index in [4.69, 9.17) is 0 Å². The predicted octanol–water partition coefficient (Wildman–Crippen LogP) is 6.14. The molecule has 0 aliphatic heterocycles. The second-order valence-corrected chi connectivity index (χ2v) is 6.12. The fourth-order valence-corrected chi connectivity index (χ4v) is 1.79. The first-order valence-corrected chi connectivity index (χ1v) is 9.04. The molecule has 6 heteroatoms. The van der Waals surface area contributed by atoms with Gasteiger partial charge in [-0.1, -0.05) is 24.3 Å². The van der Waals surface area contributed by atoms with Gasteiger partial charge in [-0.3, -0.25) is 19.9 Å². The van der Waals surface area contributed by atoms with Crippen molar-refractivity contribution in [3.63, 3.8) is 0 Å². The molecule has 4 aromatic rings. The van der Waals surface area contributed by atoms with Gasteiger partial charge < -0.3 is 0 Å². The number of aryl methyl sites for hydroxylation is 4. The summed E-state index contributed by atoms with van der Waals surface area (Å²) in [6, 6.07) is 15.8. The van der Waals surface area contributed by atoms with Crippen LogP contribution in [0, 0.1) is 27.7 Å². The number of rotatable bonds is 0. The van der Waals surface area contributed by atoms with E-state index in [1.54, 1.807) is 24.8 Å². The van der Waals surface area contributed by atoms with E-state index in [9.17, 15) is 0 Å². The molecule has 0 atom stereocenters. The molecule has 4 heterocycles. The molecule has 0 aliphatic rings. The largest absolute Gasteiger partial charge is 0.264 e. The molecule has 0 aliphatic carbocycles. The van der Waals surface area contributed by atoms with Gasteiger partial charge in [0.05, 0.1) is 0 Å². The third kappa shape index (κ3) is 17.7. The van der Waals surface area contributed by atoms with Gasteiger partial charge >= 0.3 is 0 Å². The number of nitrogens with zero attached hydrogens (tertiary/aromatic N) is 4. The summed E-state index contributed by atoms with van der Waals surface area (Å²) in [7, 11) is 0. The number of hydrogen-bond donors (Lipinski definition) is 0. The van der Waals surface area contributed by atoms with Crippen molar-refractivity contribution in [2.75, 3.05) is 0 Å². The van der Waals surface area contributed by atoms with E-state index in [0.717, 1.165) is 0 Å². The quantitative estimate of drug-likeness (QED) is 0.268. The SMILES string of the molecule is Br.Cc1cccnc1.Cc1cccnc1.Cc1cccnc1.Cc1cccnc1.[Fe]. The molecule has 0 aromatic carbocycles. The molecule has 0 spiro atoms. The van der Waals surface area contributed by atoms with E-state index in [0.29, 0.717) is 0 Å². The van der Waals surface area contributed by atoms with E-state index in [1.807, 2.05) is 101 Å². The molecule has 4 aromatic heterocycles. The van der Waals surface area contributed by atoms with Gasteiger partial charge in [-0.25, -0.2) is 0 Å². The third-order valence-electron chi connectivity index (χ3n) is 3.24. The molecule has 4 nitrogen and oxygen atoms in total. The standard InChI is InChI=1S/4C6H7N.BrH.Fe/c4*1-6-3-2-4-7-5-6;;/h4*2-5H,1H3;1H;. The molecule has 30 heavy (non-hydrogen) atoms. The first kappa shape index (κ1) is 29.8. The van der Waals surface area contributed by atoms with Gasteiger partial charge in [0.2, 0.25) is 0 Å². The Kier molecular flexibility index (Phi) is 19.8. The normalized spacial score (nSPS) is 8.13. The molecule has 0 N–H and O–H groups in total. The van der Waals surface area contributed by atoms with Crippen LogP contribution in [0.3, 0.4) is 0 Å². The van der Waals surface area contributed by atoms with Crippen molar-refractivity contribution in [1.29, 1.82) is 0 Å². The van der Waals surface area contributed by atoms with Crippen molar-refractivity contribution >= 4 is 17.0 Å². The average Bonchev–Trinajstić information content (AvgIpc) is 2.72. The van der Waals surface area contributed by atoms with Crippen LogP contribution in [0.2, 0.25) is 0 Å². The van der Waals surface area contributed by atoms with Crippen LogP contribution in [-0.2, 0) is 17.1 Å². The predicted molar refractivity (Wildman–Crippen MR) is 126 cm³/mol. The second kappa shape index (κ2) is 19.9. The Labute approximate surface area is 201 Å². The van der Waals surface area contributed by atoms with Crippen LogP contribution in [-0.4, -0.2) is 19.9 Å². The molecule has 0 amide bonds. The van der Waals surface area contributed by atoms with Crippen molar-refractivity contribution in [2.24, 2.45) is 0 Å². The van der Waals surface area contributed by atoms with Crippen LogP contribution in [0.25, 0.3) is 0 Å². The molecule has 0 unspecified atom stereocenters. The van der Waals surface area contributed by atoms with Gasteiger partial charge in [0.1, 0.15) is 0 Å². The molecule has 0 radical (unpaired) electrons. The summed E-state index contributed by atoms with van der Waals surface area (Å²) in [5, 5.41) is 0. The monoisotopic (exact) mass is 508 g/mol. The first-order chi connectivity index (χ1) is 13.6. The summed E-state index contributed by atoms with van der Waals surface area (Å²) in [4.78, 5) is 15.5. The topological polar surface area (TPSA) is 51.6 Å². The zero-order valence-corrected chi connectivity index (χ0v) is 20.6. The van der Waals surface area contributed by atoms with E-state index in [-0.39, 0.29) is 34.1 Å². The molecule has 0 bridgehead atoms. The van der Waals surface area contributed by atoms with Crippen LogP contribution < -0.4 is 0 Å². The average molecular weight is 509 g/mol. The van der Waals surface area contributed by atoms with Crippen LogP contribution in [0.5, 0.6) is 0 Å². The smallest absolute Gasteiger partial charge is 0.0297 e. The third-order valence-corrected chi connectivity index (χ3v) is 3.24. The zero-order valence-electron chi connectivity index (χ0n) is 17.8. The van der Waals surface area contributed by atoms with Crippen LogP contribution in [0.1, 0.15) is 22.3 Å². The summed E-state index contributed by atoms with van der Waals surface area (Å²) >= 11 is 0. The Morgan fingerprint density at radius 2 is 0.633 bits per heavy atom. The Morgan fingerprint density at radius 1 is 0.433 bits per heavy atom. The summed E-state index contributed by atoms with van der Waals surface area (Å²) in [6.45, 7) is 8.08. The van der Waals surface area contributed by atoms with E-state index >= 15 is 0 Å².